The molecule has 98 valence electrons. The number of rotatable bonds is 4. The summed E-state index contributed by atoms with van der Waals surface area (Å²) in [6.07, 6.45) is 6.03. The summed E-state index contributed by atoms with van der Waals surface area (Å²) >= 11 is 1.90. The van der Waals surface area contributed by atoms with E-state index >= 15 is 0 Å². The summed E-state index contributed by atoms with van der Waals surface area (Å²) in [7, 11) is 0. The molecule has 0 bridgehead atoms. The molecule has 1 aliphatic carbocycles. The minimum absolute atomic E-state index is 0.278. The molecule has 1 unspecified atom stereocenters. The van der Waals surface area contributed by atoms with Gasteiger partial charge in [-0.25, -0.2) is 0 Å². The fraction of sp³-hybridized carbons (Fsp3) is 0.923. The Morgan fingerprint density at radius 1 is 1.18 bits per heavy atom. The van der Waals surface area contributed by atoms with E-state index in [9.17, 15) is 4.79 Å². The molecule has 0 aromatic rings. The molecule has 2 fully saturated rings. The van der Waals surface area contributed by atoms with Gasteiger partial charge in [0.2, 0.25) is 5.91 Å². The Morgan fingerprint density at radius 3 is 2.47 bits per heavy atom. The summed E-state index contributed by atoms with van der Waals surface area (Å²) in [5, 5.41) is 3.14. The molecule has 0 aromatic heterocycles. The van der Waals surface area contributed by atoms with Gasteiger partial charge < -0.3 is 11.1 Å². The monoisotopic (exact) mass is 256 g/mol. The van der Waals surface area contributed by atoms with E-state index in [1.807, 2.05) is 11.8 Å². The van der Waals surface area contributed by atoms with Gasteiger partial charge >= 0.3 is 0 Å². The van der Waals surface area contributed by atoms with Crippen LogP contribution in [-0.4, -0.2) is 30.5 Å². The highest BCUT2D eigenvalue weighted by Gasteiger charge is 2.25. The number of thioether (sulfide) groups is 1. The smallest absolute Gasteiger partial charge is 0.223 e. The van der Waals surface area contributed by atoms with Crippen molar-refractivity contribution in [2.24, 2.45) is 23.5 Å². The Morgan fingerprint density at radius 2 is 1.88 bits per heavy atom. The lowest BCUT2D eigenvalue weighted by Gasteiger charge is -2.28. The largest absolute Gasteiger partial charge is 0.356 e. The maximum absolute atomic E-state index is 11.9. The predicted octanol–water partition coefficient (Wildman–Crippen LogP) is 1.62. The van der Waals surface area contributed by atoms with E-state index in [0.717, 1.165) is 36.9 Å². The fourth-order valence-electron chi connectivity index (χ4n) is 2.80. The molecule has 0 spiro atoms. The molecule has 17 heavy (non-hydrogen) atoms. The molecule has 2 rings (SSSR count). The van der Waals surface area contributed by atoms with Crippen LogP contribution in [0.3, 0.4) is 0 Å². The third kappa shape index (κ3) is 3.88. The molecule has 1 saturated carbocycles. The van der Waals surface area contributed by atoms with E-state index in [-0.39, 0.29) is 11.8 Å². The maximum atomic E-state index is 11.9. The van der Waals surface area contributed by atoms with Gasteiger partial charge in [-0.3, -0.25) is 4.79 Å². The molecule has 0 aromatic carbocycles. The summed E-state index contributed by atoms with van der Waals surface area (Å²) in [5.41, 5.74) is 5.68. The molecular formula is C13H24N2OS. The number of amides is 1. The van der Waals surface area contributed by atoms with Crippen LogP contribution in [0, 0.1) is 17.8 Å². The van der Waals surface area contributed by atoms with E-state index < -0.39 is 0 Å². The number of nitrogens with one attached hydrogen (secondary N) is 1. The number of carbonyl (C=O) groups excluding carboxylic acids is 1. The van der Waals surface area contributed by atoms with E-state index in [4.69, 9.17) is 5.73 Å². The molecule has 1 amide bonds. The first-order valence-corrected chi connectivity index (χ1v) is 8.00. The zero-order valence-electron chi connectivity index (χ0n) is 10.5. The van der Waals surface area contributed by atoms with Gasteiger partial charge in [-0.1, -0.05) is 0 Å². The Kier molecular flexibility index (Phi) is 5.16. The second kappa shape index (κ2) is 6.64. The topological polar surface area (TPSA) is 55.1 Å². The summed E-state index contributed by atoms with van der Waals surface area (Å²) in [6.45, 7) is 1.72. The minimum Gasteiger partial charge on any atom is -0.356 e. The fourth-order valence-corrected chi connectivity index (χ4v) is 4.02. The number of hydrogen-bond acceptors (Lipinski definition) is 3. The van der Waals surface area contributed by atoms with Crippen LogP contribution in [0.5, 0.6) is 0 Å². The zero-order chi connectivity index (χ0) is 12.1. The van der Waals surface area contributed by atoms with Crippen LogP contribution in [0.1, 0.15) is 32.1 Å². The average molecular weight is 256 g/mol. The minimum atomic E-state index is 0.278. The lowest BCUT2D eigenvalue weighted by atomic mass is 9.82. The Balaban J connectivity index is 1.63. The highest BCUT2D eigenvalue weighted by Crippen LogP contribution is 2.28. The van der Waals surface area contributed by atoms with Crippen molar-refractivity contribution in [3.8, 4) is 0 Å². The quantitative estimate of drug-likeness (QED) is 0.803. The van der Waals surface area contributed by atoms with Gasteiger partial charge in [-0.2, -0.15) is 11.8 Å². The van der Waals surface area contributed by atoms with E-state index in [2.05, 4.69) is 5.32 Å². The second-order valence-corrected chi connectivity index (χ2v) is 6.58. The molecule has 2 aliphatic rings. The van der Waals surface area contributed by atoms with Crippen molar-refractivity contribution < 1.29 is 4.79 Å². The third-order valence-corrected chi connectivity index (χ3v) is 5.33. The summed E-state index contributed by atoms with van der Waals surface area (Å²) < 4.78 is 0. The van der Waals surface area contributed by atoms with Crippen LogP contribution in [-0.2, 0) is 4.79 Å². The van der Waals surface area contributed by atoms with Crippen molar-refractivity contribution in [2.45, 2.75) is 32.1 Å². The van der Waals surface area contributed by atoms with Crippen LogP contribution in [0.4, 0.5) is 0 Å². The Labute approximate surface area is 108 Å². The van der Waals surface area contributed by atoms with Gasteiger partial charge in [0.1, 0.15) is 0 Å². The van der Waals surface area contributed by atoms with Gasteiger partial charge in [-0.15, -0.1) is 0 Å². The highest BCUT2D eigenvalue weighted by molar-refractivity contribution is 7.99. The van der Waals surface area contributed by atoms with E-state index in [1.165, 1.54) is 25.7 Å². The molecule has 3 nitrogen and oxygen atoms in total. The summed E-state index contributed by atoms with van der Waals surface area (Å²) in [5.74, 6) is 4.16. The van der Waals surface area contributed by atoms with Crippen LogP contribution in [0.25, 0.3) is 0 Å². The van der Waals surface area contributed by atoms with Gasteiger partial charge in [-0.05, 0) is 56.2 Å². The Bertz CT molecular complexity index is 246. The number of carbonyl (C=O) groups is 1. The van der Waals surface area contributed by atoms with Crippen molar-refractivity contribution >= 4 is 17.7 Å². The van der Waals surface area contributed by atoms with Crippen molar-refractivity contribution in [3.63, 3.8) is 0 Å². The standard InChI is InChI=1S/C13H24N2OS/c14-7-10-1-3-11(4-2-10)8-15-13(16)12-5-6-17-9-12/h10-12H,1-9,14H2,(H,15,16). The molecule has 1 atom stereocenters. The first-order chi connectivity index (χ1) is 8.29. The van der Waals surface area contributed by atoms with Crippen molar-refractivity contribution in [3.05, 3.63) is 0 Å². The normalized spacial score (nSPS) is 33.6. The molecule has 1 saturated heterocycles. The third-order valence-electron chi connectivity index (χ3n) is 4.17. The summed E-state index contributed by atoms with van der Waals surface area (Å²) in [4.78, 5) is 11.9. The maximum Gasteiger partial charge on any atom is 0.223 e. The first kappa shape index (κ1) is 13.2. The molecule has 1 aliphatic heterocycles. The zero-order valence-corrected chi connectivity index (χ0v) is 11.3. The number of hydrogen-bond donors (Lipinski definition) is 2. The van der Waals surface area contributed by atoms with Crippen molar-refractivity contribution in [1.82, 2.24) is 5.32 Å². The van der Waals surface area contributed by atoms with Gasteiger partial charge in [0, 0.05) is 18.2 Å². The van der Waals surface area contributed by atoms with Crippen LogP contribution < -0.4 is 11.1 Å². The predicted molar refractivity (Wildman–Crippen MR) is 72.9 cm³/mol. The second-order valence-electron chi connectivity index (χ2n) is 5.43. The molecule has 4 heteroatoms. The number of nitrogens with two attached hydrogens (primary N) is 1. The summed E-state index contributed by atoms with van der Waals surface area (Å²) in [6, 6.07) is 0. The van der Waals surface area contributed by atoms with Crippen molar-refractivity contribution in [1.29, 1.82) is 0 Å². The van der Waals surface area contributed by atoms with Crippen LogP contribution >= 0.6 is 11.8 Å². The molecule has 0 radical (unpaired) electrons. The SMILES string of the molecule is NCC1CCC(CNC(=O)C2CCSC2)CC1. The van der Waals surface area contributed by atoms with E-state index in [1.54, 1.807) is 0 Å². The van der Waals surface area contributed by atoms with E-state index in [0.29, 0.717) is 5.92 Å². The van der Waals surface area contributed by atoms with Crippen LogP contribution in [0.15, 0.2) is 0 Å². The highest BCUT2D eigenvalue weighted by atomic mass is 32.2. The lowest BCUT2D eigenvalue weighted by Crippen LogP contribution is -2.36. The van der Waals surface area contributed by atoms with Gasteiger partial charge in [0.25, 0.3) is 0 Å². The van der Waals surface area contributed by atoms with Gasteiger partial charge in [0.15, 0.2) is 0 Å². The Hall–Kier alpha value is -0.220. The molecule has 3 N–H and O–H groups in total. The van der Waals surface area contributed by atoms with Crippen LogP contribution in [0.2, 0.25) is 0 Å². The lowest BCUT2D eigenvalue weighted by molar-refractivity contribution is -0.124. The van der Waals surface area contributed by atoms with Gasteiger partial charge in [0.05, 0.1) is 0 Å². The first-order valence-electron chi connectivity index (χ1n) is 6.85. The average Bonchev–Trinajstić information content (AvgIpc) is 2.90. The molecular weight excluding hydrogens is 232 g/mol. The molecule has 1 heterocycles. The van der Waals surface area contributed by atoms with Crippen molar-refractivity contribution in [2.75, 3.05) is 24.6 Å².